The molecule has 2 rings (SSSR count). The first kappa shape index (κ1) is 15.3. The van der Waals surface area contributed by atoms with E-state index in [2.05, 4.69) is 13.8 Å². The van der Waals surface area contributed by atoms with Crippen molar-refractivity contribution in [1.29, 1.82) is 0 Å². The van der Waals surface area contributed by atoms with Crippen LogP contribution in [-0.4, -0.2) is 29.1 Å². The highest BCUT2D eigenvalue weighted by atomic mass is 16.6. The highest BCUT2D eigenvalue weighted by Crippen LogP contribution is 2.35. The highest BCUT2D eigenvalue weighted by molar-refractivity contribution is 5.89. The number of nitro benzene ring substituents is 1. The number of benzene rings is 1. The first-order valence-electron chi connectivity index (χ1n) is 7.07. The number of carbonyl (C=O) groups is 1. The number of nitro groups is 1. The Kier molecular flexibility index (Phi) is 4.16. The maximum absolute atomic E-state index is 11.2. The number of rotatable bonds is 3. The van der Waals surface area contributed by atoms with Gasteiger partial charge < -0.3 is 10.0 Å². The van der Waals surface area contributed by atoms with Crippen LogP contribution in [0.15, 0.2) is 18.2 Å². The number of carboxylic acid groups (broad SMARTS) is 1. The molecule has 0 atom stereocenters. The molecule has 6 nitrogen and oxygen atoms in total. The Hall–Kier alpha value is -2.11. The van der Waals surface area contributed by atoms with Crippen molar-refractivity contribution in [3.63, 3.8) is 0 Å². The first-order valence-corrected chi connectivity index (χ1v) is 7.07. The number of anilines is 1. The zero-order valence-electron chi connectivity index (χ0n) is 12.3. The molecule has 0 amide bonds. The molecule has 0 radical (unpaired) electrons. The van der Waals surface area contributed by atoms with Gasteiger partial charge in [0, 0.05) is 19.2 Å². The third-order valence-electron chi connectivity index (χ3n) is 4.10. The average Bonchev–Trinajstić information content (AvgIpc) is 2.59. The standard InChI is InChI=1S/C15H20N2O4/c1-15(2)6-3-8-16(9-7-15)12-5-4-11(14(18)19)10-13(12)17(20)21/h4-5,10H,3,6-9H2,1-2H3,(H,18,19). The van der Waals surface area contributed by atoms with Crippen molar-refractivity contribution in [3.8, 4) is 0 Å². The van der Waals surface area contributed by atoms with Crippen LogP contribution in [0.1, 0.15) is 43.5 Å². The maximum Gasteiger partial charge on any atom is 0.335 e. The summed E-state index contributed by atoms with van der Waals surface area (Å²) in [4.78, 5) is 23.7. The van der Waals surface area contributed by atoms with Crippen LogP contribution in [0.2, 0.25) is 0 Å². The molecular weight excluding hydrogens is 272 g/mol. The summed E-state index contributed by atoms with van der Waals surface area (Å²) in [5.41, 5.74) is 0.572. The predicted molar refractivity (Wildman–Crippen MR) is 79.9 cm³/mol. The largest absolute Gasteiger partial charge is 0.478 e. The molecule has 0 unspecified atom stereocenters. The van der Waals surface area contributed by atoms with E-state index in [-0.39, 0.29) is 16.7 Å². The SMILES string of the molecule is CC1(C)CCCN(c2ccc(C(=O)O)cc2[N+](=O)[O-])CC1. The van der Waals surface area contributed by atoms with E-state index >= 15 is 0 Å². The minimum atomic E-state index is -1.15. The summed E-state index contributed by atoms with van der Waals surface area (Å²) in [7, 11) is 0. The van der Waals surface area contributed by atoms with E-state index in [1.807, 2.05) is 4.90 Å². The number of carboxylic acids is 1. The Morgan fingerprint density at radius 3 is 2.67 bits per heavy atom. The lowest BCUT2D eigenvalue weighted by Gasteiger charge is -2.24. The maximum atomic E-state index is 11.2. The molecular formula is C15H20N2O4. The van der Waals surface area contributed by atoms with Gasteiger partial charge in [0.1, 0.15) is 5.69 Å². The predicted octanol–water partition coefficient (Wildman–Crippen LogP) is 3.31. The van der Waals surface area contributed by atoms with Crippen LogP contribution in [0.25, 0.3) is 0 Å². The van der Waals surface area contributed by atoms with Crippen LogP contribution >= 0.6 is 0 Å². The van der Waals surface area contributed by atoms with Gasteiger partial charge in [0.05, 0.1) is 10.5 Å². The number of nitrogens with zero attached hydrogens (tertiary/aromatic N) is 2. The monoisotopic (exact) mass is 292 g/mol. The van der Waals surface area contributed by atoms with E-state index < -0.39 is 10.9 Å². The number of hydrogen-bond acceptors (Lipinski definition) is 4. The summed E-state index contributed by atoms with van der Waals surface area (Å²) in [6.07, 6.45) is 3.03. The van der Waals surface area contributed by atoms with E-state index in [0.717, 1.165) is 38.4 Å². The lowest BCUT2D eigenvalue weighted by atomic mass is 9.85. The zero-order chi connectivity index (χ0) is 15.6. The van der Waals surface area contributed by atoms with Crippen molar-refractivity contribution in [2.45, 2.75) is 33.1 Å². The van der Waals surface area contributed by atoms with Crippen molar-refractivity contribution < 1.29 is 14.8 Å². The molecule has 1 heterocycles. The van der Waals surface area contributed by atoms with Crippen molar-refractivity contribution in [1.82, 2.24) is 0 Å². The first-order chi connectivity index (χ1) is 9.80. The Balaban J connectivity index is 2.34. The Morgan fingerprint density at radius 1 is 1.33 bits per heavy atom. The van der Waals surface area contributed by atoms with Gasteiger partial charge in [-0.2, -0.15) is 0 Å². The molecule has 0 saturated carbocycles. The van der Waals surface area contributed by atoms with E-state index in [4.69, 9.17) is 5.11 Å². The molecule has 0 spiro atoms. The van der Waals surface area contributed by atoms with Gasteiger partial charge in [0.15, 0.2) is 0 Å². The van der Waals surface area contributed by atoms with Crippen LogP contribution in [0.3, 0.4) is 0 Å². The Morgan fingerprint density at radius 2 is 2.05 bits per heavy atom. The molecule has 1 aliphatic heterocycles. The van der Waals surface area contributed by atoms with Gasteiger partial charge in [0.25, 0.3) is 5.69 Å². The van der Waals surface area contributed by atoms with Crippen molar-refractivity contribution in [3.05, 3.63) is 33.9 Å². The lowest BCUT2D eigenvalue weighted by molar-refractivity contribution is -0.384. The van der Waals surface area contributed by atoms with Crippen LogP contribution in [-0.2, 0) is 0 Å². The van der Waals surface area contributed by atoms with Gasteiger partial charge in [0.2, 0.25) is 0 Å². The minimum absolute atomic E-state index is 0.0550. The fraction of sp³-hybridized carbons (Fsp3) is 0.533. The van der Waals surface area contributed by atoms with E-state index in [1.54, 1.807) is 6.07 Å². The smallest absolute Gasteiger partial charge is 0.335 e. The molecule has 1 N–H and O–H groups in total. The molecule has 1 fully saturated rings. The van der Waals surface area contributed by atoms with E-state index in [9.17, 15) is 14.9 Å². The molecule has 1 aliphatic rings. The van der Waals surface area contributed by atoms with Crippen LogP contribution in [0.4, 0.5) is 11.4 Å². The topological polar surface area (TPSA) is 83.7 Å². The van der Waals surface area contributed by atoms with Crippen LogP contribution < -0.4 is 4.90 Å². The third kappa shape index (κ3) is 3.51. The molecule has 0 aromatic heterocycles. The van der Waals surface area contributed by atoms with E-state index in [1.165, 1.54) is 6.07 Å². The normalized spacial score (nSPS) is 18.1. The van der Waals surface area contributed by atoms with Crippen molar-refractivity contribution in [2.75, 3.05) is 18.0 Å². The van der Waals surface area contributed by atoms with E-state index in [0.29, 0.717) is 5.69 Å². The van der Waals surface area contributed by atoms with Gasteiger partial charge in [-0.1, -0.05) is 13.8 Å². The van der Waals surface area contributed by atoms with Crippen LogP contribution in [0.5, 0.6) is 0 Å². The Bertz CT molecular complexity index is 569. The van der Waals surface area contributed by atoms with Crippen LogP contribution in [0, 0.1) is 15.5 Å². The van der Waals surface area contributed by atoms with Gasteiger partial charge in [-0.3, -0.25) is 10.1 Å². The lowest BCUT2D eigenvalue weighted by Crippen LogP contribution is -2.26. The summed E-state index contributed by atoms with van der Waals surface area (Å²) >= 11 is 0. The minimum Gasteiger partial charge on any atom is -0.478 e. The second kappa shape index (κ2) is 5.71. The average molecular weight is 292 g/mol. The van der Waals surface area contributed by atoms with Gasteiger partial charge >= 0.3 is 5.97 Å². The zero-order valence-corrected chi connectivity index (χ0v) is 12.3. The molecule has 0 bridgehead atoms. The molecule has 6 heteroatoms. The summed E-state index contributed by atoms with van der Waals surface area (Å²) in [6.45, 7) is 5.92. The van der Waals surface area contributed by atoms with Crippen molar-refractivity contribution in [2.24, 2.45) is 5.41 Å². The molecule has 114 valence electrons. The second-order valence-corrected chi connectivity index (χ2v) is 6.27. The van der Waals surface area contributed by atoms with Gasteiger partial charge in [-0.15, -0.1) is 0 Å². The molecule has 1 aromatic carbocycles. The summed E-state index contributed by atoms with van der Waals surface area (Å²) in [5, 5.41) is 20.2. The summed E-state index contributed by atoms with van der Waals surface area (Å²) in [6, 6.07) is 4.13. The third-order valence-corrected chi connectivity index (χ3v) is 4.10. The summed E-state index contributed by atoms with van der Waals surface area (Å²) in [5.74, 6) is -1.15. The molecule has 21 heavy (non-hydrogen) atoms. The van der Waals surface area contributed by atoms with Gasteiger partial charge in [-0.25, -0.2) is 4.79 Å². The number of hydrogen-bond donors (Lipinski definition) is 1. The highest BCUT2D eigenvalue weighted by Gasteiger charge is 2.27. The molecule has 0 aliphatic carbocycles. The molecule has 1 saturated heterocycles. The fourth-order valence-corrected chi connectivity index (χ4v) is 2.73. The molecule has 1 aromatic rings. The Labute approximate surface area is 123 Å². The number of aromatic carboxylic acids is 1. The quantitative estimate of drug-likeness (QED) is 0.682. The van der Waals surface area contributed by atoms with Gasteiger partial charge in [-0.05, 0) is 36.8 Å². The summed E-state index contributed by atoms with van der Waals surface area (Å²) < 4.78 is 0. The second-order valence-electron chi connectivity index (χ2n) is 6.27. The fourth-order valence-electron chi connectivity index (χ4n) is 2.73. The van der Waals surface area contributed by atoms with Crippen molar-refractivity contribution >= 4 is 17.3 Å².